The average molecular weight is 370 g/mol. The molecule has 1 heterocycles. The molecule has 2 aromatic carbocycles. The molecule has 6 heteroatoms. The summed E-state index contributed by atoms with van der Waals surface area (Å²) in [5.74, 6) is 1.51. The third-order valence-electron chi connectivity index (χ3n) is 4.17. The Balaban J connectivity index is 1.90. The largest absolute Gasteiger partial charge is 0.446 e. The van der Waals surface area contributed by atoms with Gasteiger partial charge in [0, 0.05) is 12.5 Å². The van der Waals surface area contributed by atoms with Crippen molar-refractivity contribution in [2.75, 3.05) is 4.72 Å². The Morgan fingerprint density at radius 1 is 1.00 bits per heavy atom. The molecule has 26 heavy (non-hydrogen) atoms. The van der Waals surface area contributed by atoms with Crippen LogP contribution in [0, 0.1) is 13.8 Å². The number of aromatic nitrogens is 1. The van der Waals surface area contributed by atoms with Crippen molar-refractivity contribution in [1.29, 1.82) is 0 Å². The first-order valence-electron chi connectivity index (χ1n) is 8.44. The number of benzene rings is 2. The quantitative estimate of drug-likeness (QED) is 0.694. The van der Waals surface area contributed by atoms with E-state index in [0.717, 1.165) is 16.8 Å². The molecule has 136 valence electrons. The molecule has 0 aliphatic carbocycles. The van der Waals surface area contributed by atoms with Gasteiger partial charge >= 0.3 is 0 Å². The predicted octanol–water partition coefficient (Wildman–Crippen LogP) is 4.88. The topological polar surface area (TPSA) is 72.2 Å². The summed E-state index contributed by atoms with van der Waals surface area (Å²) in [5, 5.41) is 0. The number of nitrogens with zero attached hydrogens (tertiary/aromatic N) is 1. The first-order valence-corrected chi connectivity index (χ1v) is 9.92. The van der Waals surface area contributed by atoms with Gasteiger partial charge in [0.1, 0.15) is 11.5 Å². The van der Waals surface area contributed by atoms with E-state index in [1.807, 2.05) is 39.0 Å². The monoisotopic (exact) mass is 370 g/mol. The number of hydrogen-bond donors (Lipinski definition) is 1. The Labute approximate surface area is 154 Å². The van der Waals surface area contributed by atoms with Crippen molar-refractivity contribution >= 4 is 15.7 Å². The fraction of sp³-hybridized carbons (Fsp3) is 0.250. The van der Waals surface area contributed by atoms with Gasteiger partial charge in [-0.2, -0.15) is 0 Å². The minimum atomic E-state index is -3.67. The van der Waals surface area contributed by atoms with Crippen LogP contribution in [0.2, 0.25) is 0 Å². The van der Waals surface area contributed by atoms with E-state index < -0.39 is 10.0 Å². The molecule has 0 unspecified atom stereocenters. The van der Waals surface area contributed by atoms with E-state index in [-0.39, 0.29) is 10.8 Å². The van der Waals surface area contributed by atoms with Gasteiger partial charge in [-0.1, -0.05) is 44.2 Å². The van der Waals surface area contributed by atoms with Gasteiger partial charge in [0.15, 0.2) is 5.89 Å². The highest BCUT2D eigenvalue weighted by molar-refractivity contribution is 7.92. The van der Waals surface area contributed by atoms with E-state index in [4.69, 9.17) is 4.42 Å². The van der Waals surface area contributed by atoms with Crippen LogP contribution in [0.15, 0.2) is 57.8 Å². The maximum absolute atomic E-state index is 12.8. The van der Waals surface area contributed by atoms with Crippen LogP contribution in [0.5, 0.6) is 0 Å². The van der Waals surface area contributed by atoms with Gasteiger partial charge in [0.2, 0.25) is 0 Å². The molecule has 0 aliphatic rings. The lowest BCUT2D eigenvalue weighted by molar-refractivity contribution is 0.495. The van der Waals surface area contributed by atoms with Gasteiger partial charge in [0.05, 0.1) is 10.6 Å². The molecule has 1 aromatic heterocycles. The zero-order chi connectivity index (χ0) is 18.9. The number of sulfonamides is 1. The number of oxazole rings is 1. The van der Waals surface area contributed by atoms with Gasteiger partial charge < -0.3 is 4.42 Å². The molecule has 0 radical (unpaired) electrons. The van der Waals surface area contributed by atoms with Crippen molar-refractivity contribution in [3.63, 3.8) is 0 Å². The summed E-state index contributed by atoms with van der Waals surface area (Å²) in [6, 6.07) is 14.1. The maximum atomic E-state index is 12.8. The van der Waals surface area contributed by atoms with Crippen LogP contribution in [0.1, 0.15) is 37.0 Å². The molecule has 1 N–H and O–H groups in total. The standard InChI is InChI=1S/C20H22N2O3S/c1-13(2)18-7-5-6-8-19(18)22-26(23,24)17-11-9-16(10-12-17)20-14(3)25-15(4)21-20/h5-13,22H,1-4H3. The average Bonchev–Trinajstić information content (AvgIpc) is 2.93. The molecule has 0 spiro atoms. The summed E-state index contributed by atoms with van der Waals surface area (Å²) in [5.41, 5.74) is 3.11. The summed E-state index contributed by atoms with van der Waals surface area (Å²) < 4.78 is 33.6. The minimum Gasteiger partial charge on any atom is -0.446 e. The molecule has 0 aliphatic heterocycles. The first kappa shape index (κ1) is 18.2. The zero-order valence-electron chi connectivity index (χ0n) is 15.3. The lowest BCUT2D eigenvalue weighted by atomic mass is 10.0. The Bertz CT molecular complexity index is 1020. The van der Waals surface area contributed by atoms with Crippen LogP contribution in [0.4, 0.5) is 5.69 Å². The van der Waals surface area contributed by atoms with E-state index >= 15 is 0 Å². The van der Waals surface area contributed by atoms with Crippen LogP contribution < -0.4 is 4.72 Å². The van der Waals surface area contributed by atoms with E-state index in [2.05, 4.69) is 9.71 Å². The molecule has 0 saturated heterocycles. The van der Waals surface area contributed by atoms with Crippen molar-refractivity contribution in [2.45, 2.75) is 38.5 Å². The summed E-state index contributed by atoms with van der Waals surface area (Å²) in [6.07, 6.45) is 0. The molecule has 0 fully saturated rings. The van der Waals surface area contributed by atoms with E-state index in [1.165, 1.54) is 0 Å². The Hall–Kier alpha value is -2.60. The lowest BCUT2D eigenvalue weighted by Crippen LogP contribution is -2.14. The summed E-state index contributed by atoms with van der Waals surface area (Å²) in [7, 11) is -3.67. The lowest BCUT2D eigenvalue weighted by Gasteiger charge is -2.15. The van der Waals surface area contributed by atoms with Crippen molar-refractivity contribution in [3.05, 3.63) is 65.7 Å². The Kier molecular flexibility index (Phi) is 4.87. The van der Waals surface area contributed by atoms with Crippen LogP contribution in [0.3, 0.4) is 0 Å². The summed E-state index contributed by atoms with van der Waals surface area (Å²) >= 11 is 0. The molecule has 3 rings (SSSR count). The molecular formula is C20H22N2O3S. The van der Waals surface area contributed by atoms with E-state index in [0.29, 0.717) is 17.3 Å². The van der Waals surface area contributed by atoms with Crippen LogP contribution in [-0.2, 0) is 10.0 Å². The third kappa shape index (κ3) is 3.65. The fourth-order valence-electron chi connectivity index (χ4n) is 2.89. The second-order valence-corrected chi connectivity index (χ2v) is 8.19. The highest BCUT2D eigenvalue weighted by Gasteiger charge is 2.18. The number of rotatable bonds is 5. The Morgan fingerprint density at radius 3 is 2.23 bits per heavy atom. The van der Waals surface area contributed by atoms with Crippen molar-refractivity contribution in [1.82, 2.24) is 4.98 Å². The highest BCUT2D eigenvalue weighted by Crippen LogP contribution is 2.28. The van der Waals surface area contributed by atoms with Gasteiger partial charge in [-0.25, -0.2) is 13.4 Å². The van der Waals surface area contributed by atoms with E-state index in [9.17, 15) is 8.42 Å². The van der Waals surface area contributed by atoms with Gasteiger partial charge in [-0.15, -0.1) is 0 Å². The molecular weight excluding hydrogens is 348 g/mol. The number of anilines is 1. The fourth-order valence-corrected chi connectivity index (χ4v) is 3.97. The number of para-hydroxylation sites is 1. The predicted molar refractivity (Wildman–Crippen MR) is 103 cm³/mol. The summed E-state index contributed by atoms with van der Waals surface area (Å²) in [6.45, 7) is 7.68. The molecule has 3 aromatic rings. The second-order valence-electron chi connectivity index (χ2n) is 6.51. The zero-order valence-corrected chi connectivity index (χ0v) is 16.1. The normalized spacial score (nSPS) is 11.7. The molecule has 0 atom stereocenters. The second kappa shape index (κ2) is 6.96. The molecule has 0 amide bonds. The molecule has 5 nitrogen and oxygen atoms in total. The number of nitrogens with one attached hydrogen (secondary N) is 1. The first-order chi connectivity index (χ1) is 12.3. The highest BCUT2D eigenvalue weighted by atomic mass is 32.2. The van der Waals surface area contributed by atoms with E-state index in [1.54, 1.807) is 37.3 Å². The SMILES string of the molecule is Cc1nc(-c2ccc(S(=O)(=O)Nc3ccccc3C(C)C)cc2)c(C)o1. The summed E-state index contributed by atoms with van der Waals surface area (Å²) in [4.78, 5) is 4.55. The maximum Gasteiger partial charge on any atom is 0.261 e. The van der Waals surface area contributed by atoms with Crippen LogP contribution in [-0.4, -0.2) is 13.4 Å². The molecule has 0 bridgehead atoms. The van der Waals surface area contributed by atoms with Crippen molar-refractivity contribution in [2.24, 2.45) is 0 Å². The minimum absolute atomic E-state index is 0.206. The van der Waals surface area contributed by atoms with Gasteiger partial charge in [-0.05, 0) is 36.6 Å². The molecule has 0 saturated carbocycles. The smallest absolute Gasteiger partial charge is 0.261 e. The third-order valence-corrected chi connectivity index (χ3v) is 5.55. The van der Waals surface area contributed by atoms with Crippen LogP contribution >= 0.6 is 0 Å². The number of hydrogen-bond acceptors (Lipinski definition) is 4. The van der Waals surface area contributed by atoms with Crippen molar-refractivity contribution in [3.8, 4) is 11.3 Å². The van der Waals surface area contributed by atoms with Gasteiger partial charge in [-0.3, -0.25) is 4.72 Å². The van der Waals surface area contributed by atoms with Gasteiger partial charge in [0.25, 0.3) is 10.0 Å². The number of aryl methyl sites for hydroxylation is 2. The van der Waals surface area contributed by atoms with Crippen LogP contribution in [0.25, 0.3) is 11.3 Å². The van der Waals surface area contributed by atoms with Crippen molar-refractivity contribution < 1.29 is 12.8 Å². The Morgan fingerprint density at radius 2 is 1.65 bits per heavy atom.